The van der Waals surface area contributed by atoms with Crippen LogP contribution >= 0.6 is 0 Å². The van der Waals surface area contributed by atoms with Gasteiger partial charge in [0.25, 0.3) is 0 Å². The van der Waals surface area contributed by atoms with Crippen molar-refractivity contribution >= 4 is 17.6 Å². The van der Waals surface area contributed by atoms with Crippen molar-refractivity contribution in [1.82, 2.24) is 14.8 Å². The second kappa shape index (κ2) is 13.8. The molecule has 0 bridgehead atoms. The van der Waals surface area contributed by atoms with E-state index in [1.54, 1.807) is 11.9 Å². The van der Waals surface area contributed by atoms with Gasteiger partial charge in [-0.2, -0.15) is 26.3 Å². The molecule has 0 saturated heterocycles. The number of aryl methyl sites for hydroxylation is 3. The number of hydrogen-bond donors (Lipinski definition) is 1. The molecular formula is C34H41F6N5O2. The number of benzene rings is 2. The fourth-order valence-corrected chi connectivity index (χ4v) is 7.15. The number of aromatic nitrogens is 3. The molecule has 0 spiro atoms. The van der Waals surface area contributed by atoms with Crippen LogP contribution in [0, 0.1) is 5.41 Å². The molecule has 1 saturated carbocycles. The summed E-state index contributed by atoms with van der Waals surface area (Å²) in [6.07, 6.45) is -0.251. The Morgan fingerprint density at radius 2 is 1.53 bits per heavy atom. The first kappa shape index (κ1) is 34.6. The number of fused-ring (bicyclic) bond motifs is 1. The first-order valence-corrected chi connectivity index (χ1v) is 16.2. The minimum Gasteiger partial charge on any atom is -0.481 e. The van der Waals surface area contributed by atoms with Gasteiger partial charge in [0.2, 0.25) is 5.95 Å². The quantitative estimate of drug-likeness (QED) is 0.197. The van der Waals surface area contributed by atoms with Crippen LogP contribution in [0.1, 0.15) is 91.7 Å². The third-order valence-electron chi connectivity index (χ3n) is 9.62. The topological polar surface area (TPSA) is 74.5 Å². The average Bonchev–Trinajstić information content (AvgIpc) is 3.66. The Balaban J connectivity index is 1.48. The SMILES string of the molecule is CCN(CCCC1(C(=O)O)CCCCC1)c1cc2c(cc1CN(Cc1cc(C(F)(F)F)cc(C(F)(F)F)c1)c1ncn(C)n1)CCC2. The molecule has 0 unspecified atom stereocenters. The predicted octanol–water partition coefficient (Wildman–Crippen LogP) is 8.19. The third-order valence-corrected chi connectivity index (χ3v) is 9.62. The van der Waals surface area contributed by atoms with Crippen molar-refractivity contribution < 1.29 is 36.2 Å². The standard InChI is InChI=1S/C34H41F6N5O2/c1-3-44(14-8-13-32(30(46)47)11-5-4-6-12-32)29-18-25-10-7-9-24(25)17-26(29)21-45(31-41-22-43(2)42-31)20-23-15-27(33(35,36)37)19-28(16-23)34(38,39)40/h15-19,22H,3-14,20-21H2,1-2H3,(H,46,47). The summed E-state index contributed by atoms with van der Waals surface area (Å²) in [6, 6.07) is 5.86. The molecule has 5 rings (SSSR count). The lowest BCUT2D eigenvalue weighted by molar-refractivity contribution is -0.151. The Hall–Kier alpha value is -3.77. The molecule has 7 nitrogen and oxygen atoms in total. The van der Waals surface area contributed by atoms with E-state index in [4.69, 9.17) is 0 Å². The number of carbonyl (C=O) groups is 1. The fourth-order valence-electron chi connectivity index (χ4n) is 7.15. The highest BCUT2D eigenvalue weighted by Crippen LogP contribution is 2.41. The molecule has 1 heterocycles. The van der Waals surface area contributed by atoms with Crippen molar-refractivity contribution in [2.75, 3.05) is 22.9 Å². The van der Waals surface area contributed by atoms with Gasteiger partial charge in [0.05, 0.1) is 16.5 Å². The first-order valence-electron chi connectivity index (χ1n) is 16.2. The van der Waals surface area contributed by atoms with Gasteiger partial charge in [-0.1, -0.05) is 25.3 Å². The lowest BCUT2D eigenvalue weighted by Crippen LogP contribution is -2.35. The van der Waals surface area contributed by atoms with Crippen molar-refractivity contribution in [3.8, 4) is 0 Å². The zero-order valence-corrected chi connectivity index (χ0v) is 26.7. The molecule has 0 aliphatic heterocycles. The molecule has 47 heavy (non-hydrogen) atoms. The van der Waals surface area contributed by atoms with E-state index in [2.05, 4.69) is 27.1 Å². The van der Waals surface area contributed by atoms with E-state index in [9.17, 15) is 36.2 Å². The van der Waals surface area contributed by atoms with Gasteiger partial charge in [-0.25, -0.2) is 4.98 Å². The molecule has 1 N–H and O–H groups in total. The molecule has 256 valence electrons. The zero-order chi connectivity index (χ0) is 34.0. The van der Waals surface area contributed by atoms with Crippen LogP contribution in [-0.4, -0.2) is 38.9 Å². The lowest BCUT2D eigenvalue weighted by Gasteiger charge is -2.34. The third kappa shape index (κ3) is 8.03. The molecule has 1 fully saturated rings. The van der Waals surface area contributed by atoms with Gasteiger partial charge in [0.15, 0.2) is 0 Å². The molecule has 3 aromatic rings. The highest BCUT2D eigenvalue weighted by atomic mass is 19.4. The summed E-state index contributed by atoms with van der Waals surface area (Å²) in [6.45, 7) is 3.11. The number of carboxylic acid groups (broad SMARTS) is 1. The van der Waals surface area contributed by atoms with Crippen molar-refractivity contribution in [2.24, 2.45) is 12.5 Å². The molecule has 2 aromatic carbocycles. The number of rotatable bonds is 12. The molecule has 2 aliphatic carbocycles. The Bertz CT molecular complexity index is 1530. The second-order valence-electron chi connectivity index (χ2n) is 12.9. The van der Waals surface area contributed by atoms with E-state index in [0.29, 0.717) is 38.8 Å². The Morgan fingerprint density at radius 1 is 0.894 bits per heavy atom. The van der Waals surface area contributed by atoms with Gasteiger partial charge in [0, 0.05) is 38.9 Å². The number of nitrogens with zero attached hydrogens (tertiary/aromatic N) is 5. The smallest absolute Gasteiger partial charge is 0.416 e. The van der Waals surface area contributed by atoms with Crippen LogP contribution in [0.3, 0.4) is 0 Å². The Morgan fingerprint density at radius 3 is 2.09 bits per heavy atom. The molecule has 13 heteroatoms. The molecule has 0 amide bonds. The number of hydrogen-bond acceptors (Lipinski definition) is 5. The predicted molar refractivity (Wildman–Crippen MR) is 166 cm³/mol. The summed E-state index contributed by atoms with van der Waals surface area (Å²) in [7, 11) is 1.64. The first-order chi connectivity index (χ1) is 22.2. The van der Waals surface area contributed by atoms with Crippen molar-refractivity contribution in [2.45, 2.75) is 96.6 Å². The summed E-state index contributed by atoms with van der Waals surface area (Å²) >= 11 is 0. The van der Waals surface area contributed by atoms with Gasteiger partial charge in [0.1, 0.15) is 6.33 Å². The second-order valence-corrected chi connectivity index (χ2v) is 12.9. The van der Waals surface area contributed by atoms with Crippen molar-refractivity contribution in [3.63, 3.8) is 0 Å². The van der Waals surface area contributed by atoms with E-state index in [0.717, 1.165) is 61.9 Å². The zero-order valence-electron chi connectivity index (χ0n) is 26.7. The number of carboxylic acids is 1. The minimum absolute atomic E-state index is 0.131. The molecular weight excluding hydrogens is 624 g/mol. The monoisotopic (exact) mass is 665 g/mol. The van der Waals surface area contributed by atoms with Crippen molar-refractivity contribution in [3.05, 3.63) is 70.0 Å². The summed E-state index contributed by atoms with van der Waals surface area (Å²) in [5.74, 6) is -0.561. The number of anilines is 2. The van der Waals surface area contributed by atoms with E-state index >= 15 is 0 Å². The molecule has 0 atom stereocenters. The van der Waals surface area contributed by atoms with Gasteiger partial charge < -0.3 is 14.9 Å². The van der Waals surface area contributed by atoms with Gasteiger partial charge >= 0.3 is 18.3 Å². The highest BCUT2D eigenvalue weighted by molar-refractivity contribution is 5.74. The van der Waals surface area contributed by atoms with Crippen LogP contribution in [0.5, 0.6) is 0 Å². The molecule has 2 aliphatic rings. The summed E-state index contributed by atoms with van der Waals surface area (Å²) < 4.78 is 83.6. The van der Waals surface area contributed by atoms with Crippen LogP contribution in [-0.2, 0) is 50.1 Å². The van der Waals surface area contributed by atoms with E-state index < -0.39 is 34.9 Å². The minimum atomic E-state index is -4.96. The normalized spacial score (nSPS) is 16.3. The van der Waals surface area contributed by atoms with Crippen LogP contribution in [0.15, 0.2) is 36.7 Å². The fraction of sp³-hybridized carbons (Fsp3) is 0.559. The van der Waals surface area contributed by atoms with E-state index in [-0.39, 0.29) is 30.7 Å². The Labute approximate surface area is 270 Å². The number of aliphatic carboxylic acids is 1. The maximum Gasteiger partial charge on any atom is 0.416 e. The Kier molecular flexibility index (Phi) is 10.1. The molecule has 0 radical (unpaired) electrons. The van der Waals surface area contributed by atoms with Gasteiger partial charge in [-0.05, 0) is 98.4 Å². The van der Waals surface area contributed by atoms with E-state index in [1.165, 1.54) is 22.1 Å². The van der Waals surface area contributed by atoms with Gasteiger partial charge in [-0.3, -0.25) is 9.48 Å². The lowest BCUT2D eigenvalue weighted by atomic mass is 9.71. The maximum atomic E-state index is 13.7. The number of halogens is 6. The van der Waals surface area contributed by atoms with Crippen LogP contribution in [0.25, 0.3) is 0 Å². The summed E-state index contributed by atoms with van der Waals surface area (Å²) in [5.41, 5.74) is 0.537. The van der Waals surface area contributed by atoms with Crippen molar-refractivity contribution in [1.29, 1.82) is 0 Å². The maximum absolute atomic E-state index is 13.7. The highest BCUT2D eigenvalue weighted by Gasteiger charge is 2.39. The largest absolute Gasteiger partial charge is 0.481 e. The van der Waals surface area contributed by atoms with Crippen LogP contribution < -0.4 is 9.80 Å². The van der Waals surface area contributed by atoms with Gasteiger partial charge in [-0.15, -0.1) is 5.10 Å². The summed E-state index contributed by atoms with van der Waals surface area (Å²) in [4.78, 5) is 20.4. The van der Waals surface area contributed by atoms with E-state index in [1.807, 2.05) is 6.92 Å². The van der Waals surface area contributed by atoms with Crippen LogP contribution in [0.2, 0.25) is 0 Å². The molecule has 1 aromatic heterocycles. The number of alkyl halides is 6. The average molecular weight is 666 g/mol. The van der Waals surface area contributed by atoms with Crippen LogP contribution in [0.4, 0.5) is 38.0 Å². The summed E-state index contributed by atoms with van der Waals surface area (Å²) in [5, 5.41) is 14.4.